The number of aliphatic hydroxyl groups is 6. The number of hydroxylamine groups is 1. The Morgan fingerprint density at radius 3 is 2.26 bits per heavy atom. The summed E-state index contributed by atoms with van der Waals surface area (Å²) in [7, 11) is 11.4. The molecule has 24 nitrogen and oxygen atoms in total. The molecule has 84 heavy (non-hydrogen) atoms. The van der Waals surface area contributed by atoms with E-state index in [0.29, 0.717) is 21.4 Å². The molecule has 0 radical (unpaired) electrons. The number of amides is 1. The van der Waals surface area contributed by atoms with Crippen LogP contribution in [-0.2, 0) is 47.5 Å². The van der Waals surface area contributed by atoms with E-state index in [1.807, 2.05) is 35.8 Å². The lowest BCUT2D eigenvalue weighted by molar-refractivity contribution is -0.336. The summed E-state index contributed by atoms with van der Waals surface area (Å²) in [4.78, 5) is 33.5. The van der Waals surface area contributed by atoms with Gasteiger partial charge in [-0.25, -0.2) is 4.79 Å². The number of thioether (sulfide) groups is 1. The maximum absolute atomic E-state index is 14.4. The van der Waals surface area contributed by atoms with Crippen LogP contribution >= 0.6 is 65.8 Å². The maximum atomic E-state index is 14.4. The Bertz CT molecular complexity index is 2660. The number of fused-ring (bicyclic) bond motifs is 2. The lowest BCUT2D eigenvalue weighted by Crippen LogP contribution is -2.65. The predicted molar refractivity (Wildman–Crippen MR) is 321 cm³/mol. The van der Waals surface area contributed by atoms with Crippen molar-refractivity contribution in [3.05, 3.63) is 49.8 Å². The highest BCUT2D eigenvalue weighted by Crippen LogP contribution is 2.49. The minimum atomic E-state index is -1.95. The molecule has 2 aliphatic carbocycles. The molecule has 0 saturated carbocycles. The van der Waals surface area contributed by atoms with Gasteiger partial charge in [-0.1, -0.05) is 70.0 Å². The van der Waals surface area contributed by atoms with Crippen molar-refractivity contribution in [2.75, 3.05) is 60.7 Å². The van der Waals surface area contributed by atoms with Gasteiger partial charge in [0.05, 0.1) is 96.7 Å². The number of benzene rings is 1. The summed E-state index contributed by atoms with van der Waals surface area (Å²) in [5.41, 5.74) is 1.77. The molecule has 4 aliphatic heterocycles. The maximum Gasteiger partial charge on any atom is 0.411 e. The van der Waals surface area contributed by atoms with Gasteiger partial charge >= 0.3 is 6.09 Å². The largest absolute Gasteiger partial charge is 0.492 e. The van der Waals surface area contributed by atoms with Gasteiger partial charge in [-0.15, -0.1) is 0 Å². The Kier molecular flexibility index (Phi) is 26.0. The fraction of sp³-hybridized carbons (Fsp3) is 0.673. The SMILES string of the molecule is CCN[C@H]1CO[C@@H](O[C@@H]2[C@H](O[C@H]3C#C/C=C/C#C[C@]4(O)C[C@@H](O)C(NC(=O)OC)=C3/C4=C/CSSSC)O[C@@H](C)[C@@H](NO[C@H]3C[C@H](O)[C@H](SC(=O)c4c(C)c(I)c(O[C@@H]5O[C@@H](C)[C@H](O)[C@@H](OC)[C@H]5O)c(OC)c4OC)[C@@H](C)O3)[C@@H]2O)C[C@@H]1OC. The summed E-state index contributed by atoms with van der Waals surface area (Å²) in [6.45, 7) is 9.46. The Morgan fingerprint density at radius 2 is 1.60 bits per heavy atom. The molecule has 7 rings (SSSR count). The number of halogens is 1. The number of aliphatic hydroxyl groups excluding tert-OH is 5. The number of allylic oxidation sites excluding steroid dienone is 2. The molecule has 1 aromatic carbocycles. The van der Waals surface area contributed by atoms with Crippen LogP contribution in [0.2, 0.25) is 0 Å². The van der Waals surface area contributed by atoms with Crippen molar-refractivity contribution in [3.63, 3.8) is 0 Å². The summed E-state index contributed by atoms with van der Waals surface area (Å²) in [5, 5.41) is 74.6. The van der Waals surface area contributed by atoms with E-state index in [1.54, 1.807) is 40.9 Å². The minimum Gasteiger partial charge on any atom is -0.492 e. The number of nitrogens with one attached hydrogen (secondary N) is 3. The van der Waals surface area contributed by atoms with Gasteiger partial charge in [-0.2, -0.15) is 5.48 Å². The Hall–Kier alpha value is -2.65. The van der Waals surface area contributed by atoms with E-state index in [4.69, 9.17) is 61.7 Å². The highest BCUT2D eigenvalue weighted by atomic mass is 127. The number of hydrogen-bond donors (Lipinski definition) is 9. The third-order valence-corrected chi connectivity index (χ3v) is 21.3. The second-order valence-corrected chi connectivity index (χ2v) is 26.8. The van der Waals surface area contributed by atoms with E-state index >= 15 is 0 Å². The van der Waals surface area contributed by atoms with Crippen molar-refractivity contribution >= 4 is 77.0 Å². The van der Waals surface area contributed by atoms with Crippen molar-refractivity contribution in [1.82, 2.24) is 16.1 Å². The van der Waals surface area contributed by atoms with Gasteiger partial charge in [0.1, 0.15) is 36.6 Å². The number of likely N-dealkylation sites (N-methyl/N-ethyl adjacent to an activating group) is 1. The highest BCUT2D eigenvalue weighted by Gasteiger charge is 2.52. The standard InChI is InChI=1S/C55H76IN3O21S4/c1-12-57-30-24-73-35(22-34(30)68-6)78-48-43(63)40(26(3)75-53(48)77-33-17-15-13-14-16-19-55(67)23-32(61)41(58-54(66)72-10)38(33)29(55)18-20-82-84-81-11)59-80-36-21-31(60)50(28(5)74-36)83-51(65)37-25(2)39(56)46(49(71-9)45(37)69-7)79-52-44(64)47(70-8)42(62)27(4)76-52/h13-14,18,26-28,30-36,40,42-44,47-48,50,52-53,57,59-64,67H,12,20-24H2,1-11H3,(H,58,66)/b14-13+,29-18-/t26-,27-,28+,30-,31-,32+,33-,34-,35-,36-,40+,42-,43-,44+,47+,48-,50+,52-,53-,55-/m0/s1. The number of methoxy groups -OCH3 is 5. The molecule has 4 saturated heterocycles. The first-order valence-corrected chi connectivity index (χ1v) is 33.1. The molecule has 1 amide bonds. The molecule has 20 atom stereocenters. The molecule has 0 spiro atoms. The molecule has 9 N–H and O–H groups in total. The minimum absolute atomic E-state index is 0.0300. The predicted octanol–water partition coefficient (Wildman–Crippen LogP) is 2.99. The summed E-state index contributed by atoms with van der Waals surface area (Å²) >= 11 is 2.83. The second-order valence-electron chi connectivity index (χ2n) is 20.2. The van der Waals surface area contributed by atoms with Gasteiger partial charge < -0.3 is 92.8 Å². The van der Waals surface area contributed by atoms with Gasteiger partial charge in [0.15, 0.2) is 36.0 Å². The molecule has 0 aromatic heterocycles. The van der Waals surface area contributed by atoms with Gasteiger partial charge in [-0.3, -0.25) is 14.9 Å². The molecule has 468 valence electrons. The highest BCUT2D eigenvalue weighted by molar-refractivity contribution is 14.1. The first kappa shape index (κ1) is 68.8. The lowest BCUT2D eigenvalue weighted by atomic mass is 9.74. The zero-order valence-electron chi connectivity index (χ0n) is 48.3. The third kappa shape index (κ3) is 15.8. The topological polar surface area (TPSA) is 312 Å². The Balaban J connectivity index is 1.12. The van der Waals surface area contributed by atoms with Crippen LogP contribution in [-0.4, -0.2) is 224 Å². The van der Waals surface area contributed by atoms with Crippen molar-refractivity contribution in [3.8, 4) is 40.9 Å². The van der Waals surface area contributed by atoms with Crippen LogP contribution in [0.3, 0.4) is 0 Å². The summed E-state index contributed by atoms with van der Waals surface area (Å²) in [6, 6.07) is -1.24. The molecule has 2 bridgehead atoms. The van der Waals surface area contributed by atoms with Gasteiger partial charge in [0, 0.05) is 50.4 Å². The average Bonchev–Trinajstić information content (AvgIpc) is 1.36. The van der Waals surface area contributed by atoms with Crippen LogP contribution in [0, 0.1) is 34.2 Å². The molecule has 1 aromatic rings. The monoisotopic (exact) mass is 1370 g/mol. The molecule has 6 aliphatic rings. The number of carbonyl (C=O) groups is 2. The van der Waals surface area contributed by atoms with Crippen LogP contribution in [0.4, 0.5) is 4.79 Å². The first-order valence-electron chi connectivity index (χ1n) is 27.0. The molecule has 29 heteroatoms. The number of hydrogen-bond acceptors (Lipinski definition) is 27. The van der Waals surface area contributed by atoms with E-state index in [1.165, 1.54) is 72.0 Å². The first-order chi connectivity index (χ1) is 40.2. The van der Waals surface area contributed by atoms with Gasteiger partial charge in [0.2, 0.25) is 17.2 Å². The Morgan fingerprint density at radius 1 is 0.869 bits per heavy atom. The number of carbonyl (C=O) groups excluding carboxylic acids is 2. The van der Waals surface area contributed by atoms with Gasteiger partial charge in [-0.05, 0) is 90.6 Å². The van der Waals surface area contributed by atoms with Crippen LogP contribution in [0.25, 0.3) is 0 Å². The van der Waals surface area contributed by atoms with Crippen molar-refractivity contribution < 1.29 is 102 Å². The van der Waals surface area contributed by atoms with E-state index in [2.05, 4.69) is 39.8 Å². The zero-order valence-corrected chi connectivity index (χ0v) is 53.7. The average molecular weight is 1370 g/mol. The molecule has 4 heterocycles. The number of rotatable bonds is 22. The second kappa shape index (κ2) is 31.7. The summed E-state index contributed by atoms with van der Waals surface area (Å²) in [6.07, 6.45) is -12.8. The van der Waals surface area contributed by atoms with Crippen LogP contribution in [0.15, 0.2) is 35.1 Å². The van der Waals surface area contributed by atoms with E-state index in [9.17, 15) is 40.2 Å². The molecule has 4 fully saturated rings. The number of ether oxygens (including phenoxy) is 12. The smallest absolute Gasteiger partial charge is 0.411 e. The van der Waals surface area contributed by atoms with Crippen LogP contribution in [0.1, 0.15) is 62.9 Å². The van der Waals surface area contributed by atoms with Crippen LogP contribution in [0.5, 0.6) is 17.2 Å². The van der Waals surface area contributed by atoms with Crippen LogP contribution < -0.4 is 30.3 Å². The van der Waals surface area contributed by atoms with Crippen molar-refractivity contribution in [1.29, 1.82) is 0 Å². The van der Waals surface area contributed by atoms with E-state index in [-0.39, 0.29) is 77.7 Å². The molecular weight excluding hydrogens is 1290 g/mol. The van der Waals surface area contributed by atoms with E-state index in [0.717, 1.165) is 11.8 Å². The molecule has 0 unspecified atom stereocenters. The van der Waals surface area contributed by atoms with Gasteiger partial charge in [0.25, 0.3) is 0 Å². The Labute approximate surface area is 518 Å². The van der Waals surface area contributed by atoms with E-state index < -0.39 is 120 Å². The molecular formula is C55H76IN3O21S4. The fourth-order valence-corrected chi connectivity index (χ4v) is 14.8. The summed E-state index contributed by atoms with van der Waals surface area (Å²) in [5.74, 6) is 12.2. The quantitative estimate of drug-likeness (QED) is 0.0265. The lowest BCUT2D eigenvalue weighted by Gasteiger charge is -2.47. The zero-order chi connectivity index (χ0) is 61.2. The number of alkyl carbamates (subject to hydrolysis) is 1. The normalized spacial score (nSPS) is 36.8. The third-order valence-electron chi connectivity index (χ3n) is 14.9. The van der Waals surface area contributed by atoms with Crippen molar-refractivity contribution in [2.24, 2.45) is 0 Å². The summed E-state index contributed by atoms with van der Waals surface area (Å²) < 4.78 is 72.7. The van der Waals surface area contributed by atoms with Crippen molar-refractivity contribution in [2.45, 2.75) is 175 Å². The fourth-order valence-electron chi connectivity index (χ4n) is 10.7.